The van der Waals surface area contributed by atoms with E-state index in [-0.39, 0.29) is 4.90 Å². The fraction of sp³-hybridized carbons (Fsp3) is 0.143. The minimum absolute atomic E-state index is 0.00694. The van der Waals surface area contributed by atoms with E-state index in [4.69, 9.17) is 0 Å². The van der Waals surface area contributed by atoms with Crippen molar-refractivity contribution in [2.24, 2.45) is 0 Å². The fourth-order valence-corrected chi connectivity index (χ4v) is 2.55. The van der Waals surface area contributed by atoms with Gasteiger partial charge in [0, 0.05) is 4.47 Å². The average Bonchev–Trinajstić information content (AvgIpc) is 2.05. The predicted octanol–water partition coefficient (Wildman–Crippen LogP) is 2.15. The lowest BCUT2D eigenvalue weighted by atomic mass is 10.4. The molecule has 0 aromatic heterocycles. The number of benzene rings is 1. The van der Waals surface area contributed by atoms with Gasteiger partial charge in [0.05, 0.1) is 4.90 Å². The van der Waals surface area contributed by atoms with E-state index in [0.717, 1.165) is 0 Å². The Bertz CT molecular complexity index is 375. The molecule has 0 saturated carbocycles. The highest BCUT2D eigenvalue weighted by atomic mass is 79.9. The summed E-state index contributed by atoms with van der Waals surface area (Å²) in [6.45, 7) is 0. The van der Waals surface area contributed by atoms with Crippen molar-refractivity contribution in [1.82, 2.24) is 0 Å². The summed E-state index contributed by atoms with van der Waals surface area (Å²) in [5, 5.41) is 0. The molecule has 0 heterocycles. The third-order valence-electron chi connectivity index (χ3n) is 1.32. The summed E-state index contributed by atoms with van der Waals surface area (Å²) in [6, 6.07) is 4.77. The zero-order valence-electron chi connectivity index (χ0n) is 6.00. The Balaban J connectivity index is 3.30. The van der Waals surface area contributed by atoms with Gasteiger partial charge in [0.2, 0.25) is 9.84 Å². The lowest BCUT2D eigenvalue weighted by Gasteiger charge is -2.00. The van der Waals surface area contributed by atoms with E-state index in [1.54, 1.807) is 18.2 Å². The van der Waals surface area contributed by atoms with Gasteiger partial charge < -0.3 is 0 Å². The molecule has 1 aromatic rings. The number of rotatable bonds is 2. The summed E-state index contributed by atoms with van der Waals surface area (Å²) in [4.78, 5) is -0.00694. The normalized spacial score (nSPS) is 11.5. The molecule has 0 spiro atoms. The summed E-state index contributed by atoms with van der Waals surface area (Å²) in [7, 11) is -3.74. The van der Waals surface area contributed by atoms with Gasteiger partial charge in [-0.1, -0.05) is 12.1 Å². The largest absolute Gasteiger partial charge is 0.233 e. The van der Waals surface area contributed by atoms with Crippen molar-refractivity contribution in [3.8, 4) is 0 Å². The molecule has 0 aliphatic rings. The van der Waals surface area contributed by atoms with Crippen molar-refractivity contribution in [3.63, 3.8) is 0 Å². The second-order valence-corrected chi connectivity index (χ2v) is 4.90. The number of alkyl halides is 1. The zero-order valence-corrected chi connectivity index (χ0v) is 8.40. The van der Waals surface area contributed by atoms with Crippen LogP contribution in [0.3, 0.4) is 0 Å². The molecule has 0 radical (unpaired) electrons. The van der Waals surface area contributed by atoms with Crippen LogP contribution in [0, 0.1) is 0 Å². The molecular formula is C7H6BrFO2S. The highest BCUT2D eigenvalue weighted by Gasteiger charge is 2.15. The second-order valence-electron chi connectivity index (χ2n) is 2.15. The van der Waals surface area contributed by atoms with Crippen molar-refractivity contribution >= 4 is 25.8 Å². The zero-order chi connectivity index (χ0) is 9.19. The Hall–Kier alpha value is -0.420. The van der Waals surface area contributed by atoms with Crippen LogP contribution in [0.1, 0.15) is 0 Å². The second kappa shape index (κ2) is 3.53. The molecule has 0 N–H and O–H groups in total. The molecule has 5 heteroatoms. The molecule has 2 nitrogen and oxygen atoms in total. The lowest BCUT2D eigenvalue weighted by Crippen LogP contribution is -2.02. The molecule has 0 aliphatic heterocycles. The van der Waals surface area contributed by atoms with Crippen LogP contribution in [0.4, 0.5) is 4.39 Å². The summed E-state index contributed by atoms with van der Waals surface area (Å²) in [6.07, 6.45) is 0. The quantitative estimate of drug-likeness (QED) is 0.809. The molecule has 1 rings (SSSR count). The van der Waals surface area contributed by atoms with E-state index in [1.807, 2.05) is 0 Å². The van der Waals surface area contributed by atoms with Gasteiger partial charge in [0.1, 0.15) is 0 Å². The highest BCUT2D eigenvalue weighted by Crippen LogP contribution is 2.22. The molecular weight excluding hydrogens is 247 g/mol. The monoisotopic (exact) mass is 252 g/mol. The van der Waals surface area contributed by atoms with Crippen LogP contribution in [-0.2, 0) is 9.84 Å². The van der Waals surface area contributed by atoms with Crippen molar-refractivity contribution in [3.05, 3.63) is 28.7 Å². The average molecular weight is 253 g/mol. The van der Waals surface area contributed by atoms with E-state index in [0.29, 0.717) is 4.47 Å². The van der Waals surface area contributed by atoms with E-state index in [9.17, 15) is 12.8 Å². The summed E-state index contributed by atoms with van der Waals surface area (Å²) >= 11 is 3.03. The van der Waals surface area contributed by atoms with Gasteiger partial charge in [0.25, 0.3) is 0 Å². The highest BCUT2D eigenvalue weighted by molar-refractivity contribution is 9.10. The first kappa shape index (κ1) is 9.67. The van der Waals surface area contributed by atoms with Crippen LogP contribution >= 0.6 is 15.9 Å². The standard InChI is InChI=1S/C7H6BrFO2S/c8-6-3-1-2-4-7(6)12(10,11)5-9/h1-4H,5H2. The van der Waals surface area contributed by atoms with Crippen LogP contribution in [0.2, 0.25) is 0 Å². The van der Waals surface area contributed by atoms with Crippen LogP contribution < -0.4 is 0 Å². The van der Waals surface area contributed by atoms with E-state index < -0.39 is 15.8 Å². The molecule has 0 amide bonds. The third kappa shape index (κ3) is 1.84. The van der Waals surface area contributed by atoms with Crippen molar-refractivity contribution < 1.29 is 12.8 Å². The summed E-state index contributed by atoms with van der Waals surface area (Å²) in [5.41, 5.74) is 0. The first-order valence-corrected chi connectivity index (χ1v) is 5.55. The number of hydrogen-bond donors (Lipinski definition) is 0. The maximum Gasteiger partial charge on any atom is 0.208 e. The van der Waals surface area contributed by atoms with Gasteiger partial charge in [-0.3, -0.25) is 0 Å². The molecule has 0 aliphatic carbocycles. The molecule has 0 unspecified atom stereocenters. The first-order chi connectivity index (χ1) is 5.58. The van der Waals surface area contributed by atoms with Crippen LogP contribution in [-0.4, -0.2) is 14.4 Å². The lowest BCUT2D eigenvalue weighted by molar-refractivity contribution is 0.534. The van der Waals surface area contributed by atoms with Gasteiger partial charge in [0.15, 0.2) is 6.01 Å². The van der Waals surface area contributed by atoms with Gasteiger partial charge in [-0.25, -0.2) is 12.8 Å². The molecule has 0 saturated heterocycles. The van der Waals surface area contributed by atoms with Crippen molar-refractivity contribution in [1.29, 1.82) is 0 Å². The van der Waals surface area contributed by atoms with Gasteiger partial charge >= 0.3 is 0 Å². The summed E-state index contributed by atoms with van der Waals surface area (Å²) in [5.74, 6) is 0. The van der Waals surface area contributed by atoms with Crippen molar-refractivity contribution in [2.75, 3.05) is 6.01 Å². The van der Waals surface area contributed by atoms with E-state index in [2.05, 4.69) is 15.9 Å². The molecule has 12 heavy (non-hydrogen) atoms. The number of halogens is 2. The molecule has 0 fully saturated rings. The van der Waals surface area contributed by atoms with Gasteiger partial charge in [-0.05, 0) is 28.1 Å². The molecule has 1 aromatic carbocycles. The van der Waals surface area contributed by atoms with Crippen LogP contribution in [0.15, 0.2) is 33.6 Å². The topological polar surface area (TPSA) is 34.1 Å². The Morgan fingerprint density at radius 3 is 2.42 bits per heavy atom. The fourth-order valence-electron chi connectivity index (χ4n) is 0.756. The number of hydrogen-bond acceptors (Lipinski definition) is 2. The van der Waals surface area contributed by atoms with Gasteiger partial charge in [-0.15, -0.1) is 0 Å². The molecule has 0 bridgehead atoms. The summed E-state index contributed by atoms with van der Waals surface area (Å²) < 4.78 is 34.5. The Morgan fingerprint density at radius 2 is 1.92 bits per heavy atom. The van der Waals surface area contributed by atoms with Crippen LogP contribution in [0.5, 0.6) is 0 Å². The SMILES string of the molecule is O=S(=O)(CF)c1ccccc1Br. The Morgan fingerprint density at radius 1 is 1.33 bits per heavy atom. The maximum absolute atomic E-state index is 12.0. The maximum atomic E-state index is 12.0. The Labute approximate surface area is 78.5 Å². The molecule has 66 valence electrons. The van der Waals surface area contributed by atoms with E-state index >= 15 is 0 Å². The minimum Gasteiger partial charge on any atom is -0.233 e. The predicted molar refractivity (Wildman–Crippen MR) is 47.3 cm³/mol. The first-order valence-electron chi connectivity index (χ1n) is 3.11. The van der Waals surface area contributed by atoms with E-state index in [1.165, 1.54) is 6.07 Å². The molecule has 0 atom stereocenters. The van der Waals surface area contributed by atoms with Gasteiger partial charge in [-0.2, -0.15) is 0 Å². The smallest absolute Gasteiger partial charge is 0.208 e. The third-order valence-corrected chi connectivity index (χ3v) is 3.58. The minimum atomic E-state index is -3.74. The Kier molecular flexibility index (Phi) is 2.85. The van der Waals surface area contributed by atoms with Crippen molar-refractivity contribution in [2.45, 2.75) is 4.90 Å². The van der Waals surface area contributed by atoms with Crippen LogP contribution in [0.25, 0.3) is 0 Å². The number of sulfone groups is 1.